The molecule has 5 rings (SSSR count). The number of nitrogens with zero attached hydrogens (tertiary/aromatic N) is 5. The molecule has 0 amide bonds. The molecular formula is C37H35N5O2. The van der Waals surface area contributed by atoms with Gasteiger partial charge in [-0.15, -0.1) is 0 Å². The molecule has 0 bridgehead atoms. The van der Waals surface area contributed by atoms with Gasteiger partial charge in [-0.2, -0.15) is 0 Å². The topological polar surface area (TPSA) is 93.6 Å². The summed E-state index contributed by atoms with van der Waals surface area (Å²) >= 11 is 0. The van der Waals surface area contributed by atoms with Gasteiger partial charge in [0.25, 0.3) is 5.69 Å². The fraction of sp³-hybridized carbons (Fsp3) is 0.189. The number of pyridine rings is 2. The second-order valence-corrected chi connectivity index (χ2v) is 11.0. The number of aliphatic imine (C=N–C) groups is 2. The standard InChI is InChI=1S/C37H35N5O2/c1-24-12-13-33(42(43)44)35(30-22-27(4)37(28(5)23-30)41-19-15-32-11-7-9-17-39-32)34(24)29-20-25(2)36(26(3)21-29)40-18-14-31-10-6-8-16-38-31/h6-13,16-23H,14-15H2,1-5H3. The van der Waals surface area contributed by atoms with Gasteiger partial charge < -0.3 is 0 Å². The molecular weight excluding hydrogens is 546 g/mol. The third-order valence-corrected chi connectivity index (χ3v) is 7.64. The molecule has 0 N–H and O–H groups in total. The number of benzene rings is 3. The number of hydrogen-bond donors (Lipinski definition) is 0. The van der Waals surface area contributed by atoms with Gasteiger partial charge in [-0.3, -0.25) is 30.1 Å². The smallest absolute Gasteiger partial charge is 0.261 e. The van der Waals surface area contributed by atoms with Crippen molar-refractivity contribution in [1.29, 1.82) is 0 Å². The van der Waals surface area contributed by atoms with Crippen molar-refractivity contribution in [3.8, 4) is 22.3 Å². The minimum absolute atomic E-state index is 0.0727. The van der Waals surface area contributed by atoms with E-state index in [1.165, 1.54) is 0 Å². The molecule has 0 saturated heterocycles. The highest BCUT2D eigenvalue weighted by atomic mass is 16.6. The Hall–Kier alpha value is -5.30. The molecule has 0 aliphatic rings. The van der Waals surface area contributed by atoms with E-state index in [9.17, 15) is 10.1 Å². The summed E-state index contributed by atoms with van der Waals surface area (Å²) in [6.07, 6.45) is 8.56. The number of hydrogen-bond acceptors (Lipinski definition) is 6. The van der Waals surface area contributed by atoms with E-state index in [0.717, 1.165) is 67.3 Å². The van der Waals surface area contributed by atoms with E-state index in [2.05, 4.69) is 22.1 Å². The summed E-state index contributed by atoms with van der Waals surface area (Å²) in [4.78, 5) is 30.3. The van der Waals surface area contributed by atoms with Gasteiger partial charge in [0.15, 0.2) is 0 Å². The molecule has 0 radical (unpaired) electrons. The molecule has 0 atom stereocenters. The summed E-state index contributed by atoms with van der Waals surface area (Å²) in [5.74, 6) is 0. The normalized spacial score (nSPS) is 11.5. The van der Waals surface area contributed by atoms with Gasteiger partial charge in [-0.05, 0) is 128 Å². The first-order valence-corrected chi connectivity index (χ1v) is 14.6. The quantitative estimate of drug-likeness (QED) is 0.0985. The Kier molecular flexibility index (Phi) is 9.15. The van der Waals surface area contributed by atoms with Crippen LogP contribution in [0.25, 0.3) is 22.3 Å². The molecule has 0 aliphatic heterocycles. The lowest BCUT2D eigenvalue weighted by Crippen LogP contribution is -1.99. The van der Waals surface area contributed by atoms with E-state index in [4.69, 9.17) is 9.98 Å². The molecule has 0 spiro atoms. The number of rotatable bonds is 9. The van der Waals surface area contributed by atoms with E-state index in [-0.39, 0.29) is 10.6 Å². The molecule has 0 saturated carbocycles. The van der Waals surface area contributed by atoms with Crippen molar-refractivity contribution in [3.05, 3.63) is 135 Å². The van der Waals surface area contributed by atoms with E-state index in [1.54, 1.807) is 18.5 Å². The lowest BCUT2D eigenvalue weighted by Gasteiger charge is -2.18. The zero-order valence-corrected chi connectivity index (χ0v) is 25.7. The zero-order chi connectivity index (χ0) is 31.2. The Morgan fingerprint density at radius 2 is 1.09 bits per heavy atom. The lowest BCUT2D eigenvalue weighted by molar-refractivity contribution is -0.384. The highest BCUT2D eigenvalue weighted by Gasteiger charge is 2.24. The van der Waals surface area contributed by atoms with Crippen LogP contribution in [0.4, 0.5) is 17.1 Å². The van der Waals surface area contributed by atoms with Crippen LogP contribution >= 0.6 is 0 Å². The average Bonchev–Trinajstić information content (AvgIpc) is 3.00. The van der Waals surface area contributed by atoms with E-state index in [1.807, 2.05) is 102 Å². The maximum atomic E-state index is 12.4. The highest BCUT2D eigenvalue weighted by Crippen LogP contribution is 2.44. The SMILES string of the molecule is Cc1cc(-c2c(C)ccc([N+](=O)[O-])c2-c2cc(C)c(N=CCc3ccccn3)c(C)c2)cc(C)c1N=CCc1ccccn1. The van der Waals surface area contributed by atoms with Crippen molar-refractivity contribution in [2.75, 3.05) is 0 Å². The molecule has 7 heteroatoms. The molecule has 5 aromatic rings. The van der Waals surface area contributed by atoms with Crippen LogP contribution in [0, 0.1) is 44.7 Å². The molecule has 0 fully saturated rings. The van der Waals surface area contributed by atoms with Crippen LogP contribution < -0.4 is 0 Å². The number of aryl methyl sites for hydroxylation is 5. The number of aromatic nitrogens is 2. The maximum Gasteiger partial charge on any atom is 0.277 e. The number of nitro benzene ring substituents is 1. The Bertz CT molecular complexity index is 1830. The van der Waals surface area contributed by atoms with Crippen LogP contribution in [-0.2, 0) is 12.8 Å². The molecule has 2 heterocycles. The number of nitro groups is 1. The fourth-order valence-electron chi connectivity index (χ4n) is 5.62. The summed E-state index contributed by atoms with van der Waals surface area (Å²) in [6.45, 7) is 10.1. The Morgan fingerprint density at radius 1 is 0.636 bits per heavy atom. The van der Waals surface area contributed by atoms with Crippen LogP contribution in [0.3, 0.4) is 0 Å². The van der Waals surface area contributed by atoms with Crippen LogP contribution in [0.1, 0.15) is 39.2 Å². The largest absolute Gasteiger partial charge is 0.277 e. The second-order valence-electron chi connectivity index (χ2n) is 11.0. The minimum Gasteiger partial charge on any atom is -0.261 e. The van der Waals surface area contributed by atoms with Gasteiger partial charge >= 0.3 is 0 Å². The summed E-state index contributed by atoms with van der Waals surface area (Å²) in [5.41, 5.74) is 11.8. The summed E-state index contributed by atoms with van der Waals surface area (Å²) < 4.78 is 0. The molecule has 220 valence electrons. The maximum absolute atomic E-state index is 12.4. The average molecular weight is 582 g/mol. The van der Waals surface area contributed by atoms with Gasteiger partial charge in [-0.25, -0.2) is 0 Å². The predicted molar refractivity (Wildman–Crippen MR) is 180 cm³/mol. The van der Waals surface area contributed by atoms with Gasteiger partial charge in [0, 0.05) is 55.1 Å². The van der Waals surface area contributed by atoms with Crippen molar-refractivity contribution in [1.82, 2.24) is 9.97 Å². The Labute approximate surface area is 258 Å². The van der Waals surface area contributed by atoms with Crippen molar-refractivity contribution in [2.24, 2.45) is 9.98 Å². The van der Waals surface area contributed by atoms with E-state index in [0.29, 0.717) is 18.4 Å². The molecule has 0 unspecified atom stereocenters. The van der Waals surface area contributed by atoms with Crippen LogP contribution in [0.2, 0.25) is 0 Å². The fourth-order valence-corrected chi connectivity index (χ4v) is 5.62. The molecule has 0 aliphatic carbocycles. The van der Waals surface area contributed by atoms with Gasteiger partial charge in [0.05, 0.1) is 21.9 Å². The van der Waals surface area contributed by atoms with Crippen LogP contribution in [0.15, 0.2) is 95.2 Å². The van der Waals surface area contributed by atoms with Crippen LogP contribution in [-0.4, -0.2) is 27.3 Å². The third-order valence-electron chi connectivity index (χ3n) is 7.64. The first-order chi connectivity index (χ1) is 21.2. The minimum atomic E-state index is -0.294. The Balaban J connectivity index is 1.55. The zero-order valence-electron chi connectivity index (χ0n) is 25.7. The monoisotopic (exact) mass is 581 g/mol. The Morgan fingerprint density at radius 3 is 1.50 bits per heavy atom. The highest BCUT2D eigenvalue weighted by molar-refractivity contribution is 5.93. The van der Waals surface area contributed by atoms with Crippen LogP contribution in [0.5, 0.6) is 0 Å². The first-order valence-electron chi connectivity index (χ1n) is 14.6. The van der Waals surface area contributed by atoms with Gasteiger partial charge in [0.2, 0.25) is 0 Å². The summed E-state index contributed by atoms with van der Waals surface area (Å²) in [7, 11) is 0. The molecule has 2 aromatic heterocycles. The summed E-state index contributed by atoms with van der Waals surface area (Å²) in [5, 5.41) is 12.4. The van der Waals surface area contributed by atoms with Crippen molar-refractivity contribution in [3.63, 3.8) is 0 Å². The first kappa shape index (κ1) is 30.2. The second kappa shape index (κ2) is 13.3. The van der Waals surface area contributed by atoms with Crippen molar-refractivity contribution in [2.45, 2.75) is 47.5 Å². The van der Waals surface area contributed by atoms with E-state index < -0.39 is 0 Å². The lowest BCUT2D eigenvalue weighted by atomic mass is 9.87. The van der Waals surface area contributed by atoms with Gasteiger partial charge in [-0.1, -0.05) is 18.2 Å². The summed E-state index contributed by atoms with van der Waals surface area (Å²) in [6, 6.07) is 23.3. The third kappa shape index (κ3) is 6.68. The molecule has 7 nitrogen and oxygen atoms in total. The molecule has 3 aromatic carbocycles. The van der Waals surface area contributed by atoms with Crippen molar-refractivity contribution >= 4 is 29.5 Å². The molecule has 44 heavy (non-hydrogen) atoms. The van der Waals surface area contributed by atoms with Crippen molar-refractivity contribution < 1.29 is 4.92 Å². The predicted octanol–water partition coefficient (Wildman–Crippen LogP) is 9.15. The van der Waals surface area contributed by atoms with E-state index >= 15 is 0 Å². The van der Waals surface area contributed by atoms with Gasteiger partial charge in [0.1, 0.15) is 0 Å².